The molecule has 1 heterocycles. The lowest BCUT2D eigenvalue weighted by Gasteiger charge is -2.16. The van der Waals surface area contributed by atoms with Crippen LogP contribution in [0.1, 0.15) is 33.6 Å². The summed E-state index contributed by atoms with van der Waals surface area (Å²) in [5.74, 6) is -1.88. The van der Waals surface area contributed by atoms with Crippen molar-refractivity contribution in [1.29, 1.82) is 0 Å². The third-order valence-corrected chi connectivity index (χ3v) is 4.28. The molecule has 7 heteroatoms. The molecule has 2 aromatic rings. The van der Waals surface area contributed by atoms with Crippen molar-refractivity contribution >= 4 is 23.3 Å². The van der Waals surface area contributed by atoms with Crippen LogP contribution in [0.3, 0.4) is 0 Å². The fourth-order valence-electron chi connectivity index (χ4n) is 2.85. The van der Waals surface area contributed by atoms with Crippen LogP contribution in [-0.2, 0) is 9.53 Å². The number of rotatable bonds is 6. The van der Waals surface area contributed by atoms with Gasteiger partial charge in [0.1, 0.15) is 11.6 Å². The molecule has 0 unspecified atom stereocenters. The van der Waals surface area contributed by atoms with E-state index >= 15 is 0 Å². The number of Topliss-reactive ketones (excluding diaryl/α,β-unsaturated/α-hetero) is 1. The van der Waals surface area contributed by atoms with Gasteiger partial charge in [0.25, 0.3) is 0 Å². The van der Waals surface area contributed by atoms with Gasteiger partial charge in [-0.25, -0.2) is 9.18 Å². The minimum absolute atomic E-state index is 0.0148. The summed E-state index contributed by atoms with van der Waals surface area (Å²) < 4.78 is 23.7. The Morgan fingerprint density at radius 3 is 2.67 bits per heavy atom. The zero-order chi connectivity index (χ0) is 19.4. The molecule has 1 saturated heterocycles. The van der Waals surface area contributed by atoms with Crippen LogP contribution in [0.5, 0.6) is 5.75 Å². The molecular formula is C20H18FNO5. The number of hydrogen-bond donors (Lipinski definition) is 0. The number of amides is 1. The monoisotopic (exact) mass is 371 g/mol. The van der Waals surface area contributed by atoms with E-state index in [1.807, 2.05) is 0 Å². The maximum absolute atomic E-state index is 13.9. The van der Waals surface area contributed by atoms with E-state index in [1.54, 1.807) is 29.2 Å². The fraction of sp³-hybridized carbons (Fsp3) is 0.250. The molecule has 2 aromatic carbocycles. The lowest BCUT2D eigenvalue weighted by Crippen LogP contribution is -2.24. The number of halogens is 1. The number of benzene rings is 2. The molecule has 0 saturated carbocycles. The zero-order valence-corrected chi connectivity index (χ0v) is 14.7. The molecule has 1 fully saturated rings. The highest BCUT2D eigenvalue weighted by Crippen LogP contribution is 2.22. The Balaban J connectivity index is 1.65. The SMILES string of the molecule is COc1ccc(C(=O)OCC(=O)c2cccc(N3CCCC3=O)c2)c(F)c1. The predicted molar refractivity (Wildman–Crippen MR) is 95.6 cm³/mol. The average molecular weight is 371 g/mol. The molecule has 0 radical (unpaired) electrons. The quantitative estimate of drug-likeness (QED) is 0.577. The Morgan fingerprint density at radius 1 is 1.19 bits per heavy atom. The molecule has 6 nitrogen and oxygen atoms in total. The number of methoxy groups -OCH3 is 1. The van der Waals surface area contributed by atoms with Crippen molar-refractivity contribution in [3.63, 3.8) is 0 Å². The number of ketones is 1. The number of carbonyl (C=O) groups excluding carboxylic acids is 3. The number of nitrogens with zero attached hydrogens (tertiary/aromatic N) is 1. The molecule has 0 atom stereocenters. The molecule has 0 spiro atoms. The number of esters is 1. The van der Waals surface area contributed by atoms with Crippen LogP contribution in [0, 0.1) is 5.82 Å². The summed E-state index contributed by atoms with van der Waals surface area (Å²) >= 11 is 0. The van der Waals surface area contributed by atoms with Gasteiger partial charge in [0.15, 0.2) is 12.4 Å². The van der Waals surface area contributed by atoms with E-state index in [-0.39, 0.29) is 17.2 Å². The van der Waals surface area contributed by atoms with Crippen molar-refractivity contribution < 1.29 is 28.2 Å². The van der Waals surface area contributed by atoms with Crippen molar-refractivity contribution in [2.75, 3.05) is 25.2 Å². The molecule has 1 aliphatic rings. The smallest absolute Gasteiger partial charge is 0.341 e. The molecule has 3 rings (SSSR count). The number of carbonyl (C=O) groups is 3. The summed E-state index contributed by atoms with van der Waals surface area (Å²) in [6.07, 6.45) is 1.27. The highest BCUT2D eigenvalue weighted by Gasteiger charge is 2.22. The van der Waals surface area contributed by atoms with E-state index in [0.717, 1.165) is 12.5 Å². The second-order valence-corrected chi connectivity index (χ2v) is 6.04. The lowest BCUT2D eigenvalue weighted by molar-refractivity contribution is -0.117. The Morgan fingerprint density at radius 2 is 2.00 bits per heavy atom. The van der Waals surface area contributed by atoms with Crippen LogP contribution in [0.25, 0.3) is 0 Å². The van der Waals surface area contributed by atoms with Crippen LogP contribution in [-0.4, -0.2) is 37.9 Å². The topological polar surface area (TPSA) is 72.9 Å². The first-order valence-corrected chi connectivity index (χ1v) is 8.44. The Hall–Kier alpha value is -3.22. The highest BCUT2D eigenvalue weighted by atomic mass is 19.1. The molecule has 1 aliphatic heterocycles. The van der Waals surface area contributed by atoms with Crippen LogP contribution in [0.2, 0.25) is 0 Å². The van der Waals surface area contributed by atoms with Gasteiger partial charge in [0, 0.05) is 30.3 Å². The molecule has 0 N–H and O–H groups in total. The van der Waals surface area contributed by atoms with Crippen LogP contribution in [0.4, 0.5) is 10.1 Å². The van der Waals surface area contributed by atoms with Gasteiger partial charge >= 0.3 is 5.97 Å². The Kier molecular flexibility index (Phi) is 5.49. The second kappa shape index (κ2) is 7.99. The molecule has 0 aromatic heterocycles. The minimum atomic E-state index is -0.936. The zero-order valence-electron chi connectivity index (χ0n) is 14.7. The van der Waals surface area contributed by atoms with Gasteiger partial charge in [-0.15, -0.1) is 0 Å². The molecule has 1 amide bonds. The summed E-state index contributed by atoms with van der Waals surface area (Å²) in [5.41, 5.74) is 0.672. The third-order valence-electron chi connectivity index (χ3n) is 4.28. The maximum Gasteiger partial charge on any atom is 0.341 e. The number of ether oxygens (including phenoxy) is 2. The predicted octanol–water partition coefficient (Wildman–Crippen LogP) is 3.00. The van der Waals surface area contributed by atoms with Gasteiger partial charge in [-0.05, 0) is 30.7 Å². The minimum Gasteiger partial charge on any atom is -0.497 e. The molecule has 140 valence electrons. The lowest BCUT2D eigenvalue weighted by atomic mass is 10.1. The standard InChI is InChI=1S/C20H18FNO5/c1-26-15-7-8-16(17(21)11-15)20(25)27-12-18(23)13-4-2-5-14(10-13)22-9-3-6-19(22)24/h2,4-5,7-8,10-11H,3,6,9,12H2,1H3. The van der Waals surface area contributed by atoms with Crippen molar-refractivity contribution in [2.45, 2.75) is 12.8 Å². The van der Waals surface area contributed by atoms with E-state index < -0.39 is 24.2 Å². The largest absolute Gasteiger partial charge is 0.497 e. The van der Waals surface area contributed by atoms with Gasteiger partial charge < -0.3 is 14.4 Å². The molecular weight excluding hydrogens is 353 g/mol. The van der Waals surface area contributed by atoms with Crippen LogP contribution >= 0.6 is 0 Å². The summed E-state index contributed by atoms with van der Waals surface area (Å²) in [6.45, 7) is 0.0872. The van der Waals surface area contributed by atoms with E-state index in [9.17, 15) is 18.8 Å². The van der Waals surface area contributed by atoms with Crippen molar-refractivity contribution in [3.05, 3.63) is 59.4 Å². The molecule has 27 heavy (non-hydrogen) atoms. The van der Waals surface area contributed by atoms with Gasteiger partial charge in [-0.2, -0.15) is 0 Å². The van der Waals surface area contributed by atoms with E-state index in [4.69, 9.17) is 9.47 Å². The average Bonchev–Trinajstić information content (AvgIpc) is 3.11. The summed E-state index contributed by atoms with van der Waals surface area (Å²) in [4.78, 5) is 37.8. The highest BCUT2D eigenvalue weighted by molar-refractivity contribution is 6.01. The molecule has 0 bridgehead atoms. The molecule has 0 aliphatic carbocycles. The first-order chi connectivity index (χ1) is 13.0. The Labute approximate surface area is 155 Å². The second-order valence-electron chi connectivity index (χ2n) is 6.04. The van der Waals surface area contributed by atoms with Gasteiger partial charge in [-0.1, -0.05) is 12.1 Å². The fourth-order valence-corrected chi connectivity index (χ4v) is 2.85. The van der Waals surface area contributed by atoms with E-state index in [2.05, 4.69) is 0 Å². The van der Waals surface area contributed by atoms with Crippen LogP contribution in [0.15, 0.2) is 42.5 Å². The first kappa shape index (κ1) is 18.6. The van der Waals surface area contributed by atoms with E-state index in [1.165, 1.54) is 19.2 Å². The van der Waals surface area contributed by atoms with Crippen LogP contribution < -0.4 is 9.64 Å². The van der Waals surface area contributed by atoms with Crippen molar-refractivity contribution in [2.24, 2.45) is 0 Å². The van der Waals surface area contributed by atoms with Crippen molar-refractivity contribution in [1.82, 2.24) is 0 Å². The Bertz CT molecular complexity index is 896. The normalized spacial score (nSPS) is 13.6. The van der Waals surface area contributed by atoms with Gasteiger partial charge in [-0.3, -0.25) is 9.59 Å². The number of hydrogen-bond acceptors (Lipinski definition) is 5. The summed E-state index contributed by atoms with van der Waals surface area (Å²) in [7, 11) is 1.38. The number of anilines is 1. The van der Waals surface area contributed by atoms with Gasteiger partial charge in [0.05, 0.1) is 12.7 Å². The summed E-state index contributed by atoms with van der Waals surface area (Å²) in [5, 5.41) is 0. The van der Waals surface area contributed by atoms with Crippen molar-refractivity contribution in [3.8, 4) is 5.75 Å². The third kappa shape index (κ3) is 4.13. The first-order valence-electron chi connectivity index (χ1n) is 8.44. The van der Waals surface area contributed by atoms with E-state index in [0.29, 0.717) is 24.2 Å². The maximum atomic E-state index is 13.9. The van der Waals surface area contributed by atoms with Gasteiger partial charge in [0.2, 0.25) is 5.91 Å². The summed E-state index contributed by atoms with van der Waals surface area (Å²) in [6, 6.07) is 10.3.